The standard InChI is InChI=1S/C12H14O6S/c1-17-12(14)8-2-4-9(5-3-8)18-11-7-19(15,16)6-10(11)13/h2-5,10-11,13H,6-7H2,1H3. The van der Waals surface area contributed by atoms with Crippen LogP contribution in [0.4, 0.5) is 0 Å². The summed E-state index contributed by atoms with van der Waals surface area (Å²) in [7, 11) is -1.96. The summed E-state index contributed by atoms with van der Waals surface area (Å²) in [5.74, 6) is -0.547. The monoisotopic (exact) mass is 286 g/mol. The Morgan fingerprint density at radius 1 is 1.26 bits per heavy atom. The molecule has 0 radical (unpaired) electrons. The first-order valence-electron chi connectivity index (χ1n) is 5.65. The van der Waals surface area contributed by atoms with Crippen molar-refractivity contribution < 1.29 is 27.8 Å². The molecule has 7 heteroatoms. The van der Waals surface area contributed by atoms with Gasteiger partial charge in [-0.25, -0.2) is 13.2 Å². The van der Waals surface area contributed by atoms with Crippen LogP contribution in [0.1, 0.15) is 10.4 Å². The van der Waals surface area contributed by atoms with Crippen LogP contribution in [0.5, 0.6) is 5.75 Å². The van der Waals surface area contributed by atoms with E-state index in [0.29, 0.717) is 11.3 Å². The molecule has 1 saturated heterocycles. The lowest BCUT2D eigenvalue weighted by Gasteiger charge is -2.15. The summed E-state index contributed by atoms with van der Waals surface area (Å²) < 4.78 is 32.6. The third kappa shape index (κ3) is 3.24. The molecular formula is C12H14O6S. The van der Waals surface area contributed by atoms with Crippen molar-refractivity contribution >= 4 is 15.8 Å². The molecule has 104 valence electrons. The Morgan fingerprint density at radius 3 is 2.37 bits per heavy atom. The number of rotatable bonds is 3. The third-order valence-corrected chi connectivity index (χ3v) is 4.52. The third-order valence-electron chi connectivity index (χ3n) is 2.83. The van der Waals surface area contributed by atoms with Gasteiger partial charge >= 0.3 is 5.97 Å². The Balaban J connectivity index is 2.06. The van der Waals surface area contributed by atoms with Crippen molar-refractivity contribution in [3.8, 4) is 5.75 Å². The van der Waals surface area contributed by atoms with Gasteiger partial charge < -0.3 is 14.6 Å². The van der Waals surface area contributed by atoms with Crippen LogP contribution in [-0.4, -0.2) is 50.3 Å². The van der Waals surface area contributed by atoms with Gasteiger partial charge in [-0.15, -0.1) is 0 Å². The van der Waals surface area contributed by atoms with Gasteiger partial charge in [0.1, 0.15) is 18.0 Å². The van der Waals surface area contributed by atoms with Crippen LogP contribution in [0.15, 0.2) is 24.3 Å². The van der Waals surface area contributed by atoms with E-state index in [4.69, 9.17) is 4.74 Å². The average molecular weight is 286 g/mol. The molecule has 2 rings (SSSR count). The minimum absolute atomic E-state index is 0.201. The van der Waals surface area contributed by atoms with Crippen LogP contribution in [-0.2, 0) is 14.6 Å². The van der Waals surface area contributed by atoms with E-state index in [9.17, 15) is 18.3 Å². The SMILES string of the molecule is COC(=O)c1ccc(OC2CS(=O)(=O)CC2O)cc1. The van der Waals surface area contributed by atoms with Gasteiger partial charge in [-0.05, 0) is 24.3 Å². The molecule has 0 aliphatic carbocycles. The molecule has 1 aromatic rings. The zero-order chi connectivity index (χ0) is 14.0. The number of hydrogen-bond donors (Lipinski definition) is 1. The maximum Gasteiger partial charge on any atom is 0.337 e. The van der Waals surface area contributed by atoms with Crippen molar-refractivity contribution in [1.82, 2.24) is 0 Å². The minimum Gasteiger partial charge on any atom is -0.487 e. The van der Waals surface area contributed by atoms with Crippen LogP contribution in [0.25, 0.3) is 0 Å². The first-order valence-corrected chi connectivity index (χ1v) is 7.47. The van der Waals surface area contributed by atoms with Gasteiger partial charge in [-0.3, -0.25) is 0 Å². The van der Waals surface area contributed by atoms with E-state index in [0.717, 1.165) is 0 Å². The molecule has 2 unspecified atom stereocenters. The van der Waals surface area contributed by atoms with Crippen molar-refractivity contribution in [2.24, 2.45) is 0 Å². The van der Waals surface area contributed by atoms with E-state index in [1.165, 1.54) is 31.4 Å². The molecule has 1 heterocycles. The Kier molecular flexibility index (Phi) is 3.77. The summed E-state index contributed by atoms with van der Waals surface area (Å²) in [5, 5.41) is 9.59. The first kappa shape index (κ1) is 13.8. The summed E-state index contributed by atoms with van der Waals surface area (Å²) in [4.78, 5) is 11.2. The number of sulfone groups is 1. The van der Waals surface area contributed by atoms with Crippen molar-refractivity contribution in [2.45, 2.75) is 12.2 Å². The fourth-order valence-electron chi connectivity index (χ4n) is 1.87. The topological polar surface area (TPSA) is 89.9 Å². The van der Waals surface area contributed by atoms with E-state index in [1.54, 1.807) is 0 Å². The lowest BCUT2D eigenvalue weighted by molar-refractivity contribution is 0.0599. The summed E-state index contributed by atoms with van der Waals surface area (Å²) in [6, 6.07) is 6.09. The summed E-state index contributed by atoms with van der Waals surface area (Å²) in [6.45, 7) is 0. The number of esters is 1. The van der Waals surface area contributed by atoms with Gasteiger partial charge in [0.2, 0.25) is 0 Å². The zero-order valence-corrected chi connectivity index (χ0v) is 11.1. The lowest BCUT2D eigenvalue weighted by Crippen LogP contribution is -2.29. The molecule has 2 atom stereocenters. The number of carbonyl (C=O) groups excluding carboxylic acids is 1. The predicted octanol–water partition coefficient (Wildman–Crippen LogP) is 0.00990. The summed E-state index contributed by atoms with van der Waals surface area (Å²) >= 11 is 0. The highest BCUT2D eigenvalue weighted by Crippen LogP contribution is 2.21. The zero-order valence-electron chi connectivity index (χ0n) is 10.3. The van der Waals surface area contributed by atoms with E-state index in [-0.39, 0.29) is 11.5 Å². The van der Waals surface area contributed by atoms with Crippen molar-refractivity contribution in [1.29, 1.82) is 0 Å². The van der Waals surface area contributed by atoms with E-state index in [1.807, 2.05) is 0 Å². The lowest BCUT2D eigenvalue weighted by atomic mass is 10.2. The van der Waals surface area contributed by atoms with Crippen molar-refractivity contribution in [3.05, 3.63) is 29.8 Å². The molecule has 0 aromatic heterocycles. The molecular weight excluding hydrogens is 272 g/mol. The van der Waals surface area contributed by atoms with Gasteiger partial charge in [0.05, 0.1) is 24.2 Å². The molecule has 0 amide bonds. The number of methoxy groups -OCH3 is 1. The number of ether oxygens (including phenoxy) is 2. The Morgan fingerprint density at radius 2 is 1.89 bits per heavy atom. The number of hydrogen-bond acceptors (Lipinski definition) is 6. The molecule has 1 N–H and O–H groups in total. The highest BCUT2D eigenvalue weighted by Gasteiger charge is 2.38. The number of carbonyl (C=O) groups is 1. The Labute approximate surface area is 110 Å². The van der Waals surface area contributed by atoms with E-state index < -0.39 is 28.0 Å². The smallest absolute Gasteiger partial charge is 0.337 e. The van der Waals surface area contributed by atoms with Gasteiger partial charge in [-0.2, -0.15) is 0 Å². The number of aliphatic hydroxyl groups excluding tert-OH is 1. The largest absolute Gasteiger partial charge is 0.487 e. The molecule has 0 bridgehead atoms. The fourth-order valence-corrected chi connectivity index (χ4v) is 3.53. The van der Waals surface area contributed by atoms with Gasteiger partial charge in [-0.1, -0.05) is 0 Å². The predicted molar refractivity (Wildman–Crippen MR) is 66.9 cm³/mol. The molecule has 0 saturated carbocycles. The van der Waals surface area contributed by atoms with E-state index in [2.05, 4.69) is 4.74 Å². The van der Waals surface area contributed by atoms with E-state index >= 15 is 0 Å². The summed E-state index contributed by atoms with van der Waals surface area (Å²) in [6.07, 6.45) is -1.79. The second-order valence-electron chi connectivity index (χ2n) is 4.32. The van der Waals surface area contributed by atoms with Crippen LogP contribution in [0, 0.1) is 0 Å². The van der Waals surface area contributed by atoms with Crippen LogP contribution in [0.3, 0.4) is 0 Å². The molecule has 1 aliphatic heterocycles. The number of benzene rings is 1. The Hall–Kier alpha value is -1.60. The average Bonchev–Trinajstić information content (AvgIpc) is 2.62. The highest BCUT2D eigenvalue weighted by molar-refractivity contribution is 7.91. The fraction of sp³-hybridized carbons (Fsp3) is 0.417. The van der Waals surface area contributed by atoms with Crippen LogP contribution in [0.2, 0.25) is 0 Å². The maximum absolute atomic E-state index is 11.3. The van der Waals surface area contributed by atoms with Gasteiger partial charge in [0, 0.05) is 0 Å². The van der Waals surface area contributed by atoms with Crippen molar-refractivity contribution in [2.75, 3.05) is 18.6 Å². The van der Waals surface area contributed by atoms with Crippen LogP contribution < -0.4 is 4.74 Å². The summed E-state index contributed by atoms with van der Waals surface area (Å²) in [5.41, 5.74) is 0.370. The van der Waals surface area contributed by atoms with Gasteiger partial charge in [0.25, 0.3) is 0 Å². The molecule has 1 aromatic carbocycles. The van der Waals surface area contributed by atoms with Crippen molar-refractivity contribution in [3.63, 3.8) is 0 Å². The highest BCUT2D eigenvalue weighted by atomic mass is 32.2. The molecule has 0 spiro atoms. The van der Waals surface area contributed by atoms with Crippen LogP contribution >= 0.6 is 0 Å². The molecule has 6 nitrogen and oxygen atoms in total. The van der Waals surface area contributed by atoms with Gasteiger partial charge in [0.15, 0.2) is 9.84 Å². The quantitative estimate of drug-likeness (QED) is 0.787. The normalized spacial score (nSPS) is 24.9. The molecule has 19 heavy (non-hydrogen) atoms. The number of aliphatic hydroxyl groups is 1. The molecule has 1 aliphatic rings. The second-order valence-corrected chi connectivity index (χ2v) is 6.47. The maximum atomic E-state index is 11.3. The Bertz CT molecular complexity index is 562. The molecule has 1 fully saturated rings. The minimum atomic E-state index is -3.24. The first-order chi connectivity index (χ1) is 8.91. The second kappa shape index (κ2) is 5.18.